The van der Waals surface area contributed by atoms with Crippen molar-refractivity contribution in [1.29, 1.82) is 0 Å². The summed E-state index contributed by atoms with van der Waals surface area (Å²) in [5.74, 6) is 0.593. The van der Waals surface area contributed by atoms with E-state index in [4.69, 9.17) is 0 Å². The second-order valence-corrected chi connectivity index (χ2v) is 3.63. The molecule has 0 N–H and O–H groups in total. The zero-order chi connectivity index (χ0) is 11.5. The van der Waals surface area contributed by atoms with E-state index in [1.165, 1.54) is 4.90 Å². The van der Waals surface area contributed by atoms with Crippen LogP contribution in [0.15, 0.2) is 42.9 Å². The van der Waals surface area contributed by atoms with Gasteiger partial charge in [-0.1, -0.05) is 18.2 Å². The molecule has 16 heavy (non-hydrogen) atoms. The molecule has 0 aliphatic heterocycles. The van der Waals surface area contributed by atoms with Crippen molar-refractivity contribution in [2.75, 3.05) is 11.9 Å². The fourth-order valence-electron chi connectivity index (χ4n) is 1.45. The van der Waals surface area contributed by atoms with E-state index in [-0.39, 0.29) is 5.91 Å². The number of rotatable bonds is 2. The minimum absolute atomic E-state index is 0.0562. The Morgan fingerprint density at radius 1 is 1.31 bits per heavy atom. The molecule has 0 aliphatic carbocycles. The van der Waals surface area contributed by atoms with Crippen LogP contribution in [0.25, 0.3) is 0 Å². The molecule has 4 heteroatoms. The molecule has 0 saturated heterocycles. The molecule has 1 aromatic carbocycles. The smallest absolute Gasteiger partial charge is 0.259 e. The predicted octanol–water partition coefficient (Wildman–Crippen LogP) is 1.70. The van der Waals surface area contributed by atoms with Crippen LogP contribution in [0.4, 0.5) is 5.82 Å². The molecular formula is C12H13N3O. The molecule has 0 bridgehead atoms. The van der Waals surface area contributed by atoms with Crippen LogP contribution in [0, 0.1) is 0 Å². The molecule has 0 unspecified atom stereocenters. The molecule has 82 valence electrons. The summed E-state index contributed by atoms with van der Waals surface area (Å²) >= 11 is 0. The van der Waals surface area contributed by atoms with Gasteiger partial charge in [-0.05, 0) is 12.1 Å². The lowest BCUT2D eigenvalue weighted by Crippen LogP contribution is -2.26. The van der Waals surface area contributed by atoms with Crippen LogP contribution in [-0.2, 0) is 7.05 Å². The molecule has 1 heterocycles. The molecule has 0 spiro atoms. The summed E-state index contributed by atoms with van der Waals surface area (Å²) in [6, 6.07) is 9.17. The summed E-state index contributed by atoms with van der Waals surface area (Å²) in [4.78, 5) is 17.7. The SMILES string of the molecule is CN(C(=O)c1ccccc1)c1cn(C)cn1. The number of hydrogen-bond acceptors (Lipinski definition) is 2. The second-order valence-electron chi connectivity index (χ2n) is 3.63. The van der Waals surface area contributed by atoms with Crippen LogP contribution >= 0.6 is 0 Å². The van der Waals surface area contributed by atoms with Gasteiger partial charge < -0.3 is 4.57 Å². The van der Waals surface area contributed by atoms with Gasteiger partial charge in [-0.2, -0.15) is 0 Å². The van der Waals surface area contributed by atoms with Crippen LogP contribution in [0.5, 0.6) is 0 Å². The first kappa shape index (κ1) is 10.4. The van der Waals surface area contributed by atoms with Crippen molar-refractivity contribution in [2.24, 2.45) is 7.05 Å². The molecule has 1 amide bonds. The normalized spacial score (nSPS) is 10.1. The molecule has 2 rings (SSSR count). The van der Waals surface area contributed by atoms with Crippen LogP contribution < -0.4 is 4.90 Å². The van der Waals surface area contributed by atoms with E-state index in [1.807, 2.05) is 29.8 Å². The van der Waals surface area contributed by atoms with E-state index < -0.39 is 0 Å². The van der Waals surface area contributed by atoms with Gasteiger partial charge in [-0.15, -0.1) is 0 Å². The molecule has 2 aromatic rings. The minimum Gasteiger partial charge on any atom is -0.338 e. The van der Waals surface area contributed by atoms with E-state index in [0.717, 1.165) is 0 Å². The number of aryl methyl sites for hydroxylation is 1. The highest BCUT2D eigenvalue weighted by atomic mass is 16.2. The first-order valence-electron chi connectivity index (χ1n) is 4.99. The largest absolute Gasteiger partial charge is 0.338 e. The maximum atomic E-state index is 12.0. The number of amides is 1. The van der Waals surface area contributed by atoms with Crippen LogP contribution in [0.3, 0.4) is 0 Å². The van der Waals surface area contributed by atoms with Gasteiger partial charge in [-0.25, -0.2) is 4.98 Å². The Kier molecular flexibility index (Phi) is 2.72. The third-order valence-corrected chi connectivity index (χ3v) is 2.36. The summed E-state index contributed by atoms with van der Waals surface area (Å²) in [6.07, 6.45) is 3.48. The van der Waals surface area contributed by atoms with Gasteiger partial charge in [-0.3, -0.25) is 9.69 Å². The fourth-order valence-corrected chi connectivity index (χ4v) is 1.45. The van der Waals surface area contributed by atoms with E-state index in [9.17, 15) is 4.79 Å². The summed E-state index contributed by atoms with van der Waals surface area (Å²) in [6.45, 7) is 0. The molecular weight excluding hydrogens is 202 g/mol. The number of carbonyl (C=O) groups is 1. The predicted molar refractivity (Wildman–Crippen MR) is 62.4 cm³/mol. The fraction of sp³-hybridized carbons (Fsp3) is 0.167. The second kappa shape index (κ2) is 4.18. The van der Waals surface area contributed by atoms with Gasteiger partial charge in [0.05, 0.1) is 6.33 Å². The van der Waals surface area contributed by atoms with Gasteiger partial charge in [0, 0.05) is 25.9 Å². The summed E-state index contributed by atoms with van der Waals surface area (Å²) in [5, 5.41) is 0. The van der Waals surface area contributed by atoms with Gasteiger partial charge in [0.15, 0.2) is 5.82 Å². The van der Waals surface area contributed by atoms with Crippen molar-refractivity contribution in [1.82, 2.24) is 9.55 Å². The Bertz CT molecular complexity index is 490. The zero-order valence-corrected chi connectivity index (χ0v) is 9.29. The molecule has 0 atom stereocenters. The number of hydrogen-bond donors (Lipinski definition) is 0. The average Bonchev–Trinajstić information content (AvgIpc) is 2.75. The first-order chi connectivity index (χ1) is 7.68. The lowest BCUT2D eigenvalue weighted by Gasteiger charge is -2.13. The third-order valence-electron chi connectivity index (χ3n) is 2.36. The number of imidazole rings is 1. The van der Waals surface area contributed by atoms with E-state index in [1.54, 1.807) is 31.7 Å². The van der Waals surface area contributed by atoms with E-state index in [0.29, 0.717) is 11.4 Å². The topological polar surface area (TPSA) is 38.1 Å². The molecule has 0 radical (unpaired) electrons. The summed E-state index contributed by atoms with van der Waals surface area (Å²) in [5.41, 5.74) is 0.663. The Labute approximate surface area is 94.1 Å². The van der Waals surface area contributed by atoms with E-state index >= 15 is 0 Å². The minimum atomic E-state index is -0.0562. The van der Waals surface area contributed by atoms with Crippen molar-refractivity contribution in [3.05, 3.63) is 48.4 Å². The van der Waals surface area contributed by atoms with Crippen LogP contribution in [0.2, 0.25) is 0 Å². The maximum absolute atomic E-state index is 12.0. The first-order valence-corrected chi connectivity index (χ1v) is 4.99. The number of anilines is 1. The summed E-state index contributed by atoms with van der Waals surface area (Å²) in [7, 11) is 3.59. The summed E-state index contributed by atoms with van der Waals surface area (Å²) < 4.78 is 1.81. The number of benzene rings is 1. The van der Waals surface area contributed by atoms with Crippen molar-refractivity contribution < 1.29 is 4.79 Å². The lowest BCUT2D eigenvalue weighted by molar-refractivity contribution is 0.0992. The Balaban J connectivity index is 2.23. The standard InChI is InChI=1S/C12H13N3O/c1-14-8-11(13-9-14)15(2)12(16)10-6-4-3-5-7-10/h3-9H,1-2H3. The highest BCUT2D eigenvalue weighted by molar-refractivity contribution is 6.05. The molecule has 0 saturated carbocycles. The average molecular weight is 215 g/mol. The Morgan fingerprint density at radius 2 is 2.00 bits per heavy atom. The lowest BCUT2D eigenvalue weighted by atomic mass is 10.2. The molecule has 1 aromatic heterocycles. The third kappa shape index (κ3) is 1.95. The highest BCUT2D eigenvalue weighted by Crippen LogP contribution is 2.11. The number of aromatic nitrogens is 2. The van der Waals surface area contributed by atoms with Crippen molar-refractivity contribution >= 4 is 11.7 Å². The quantitative estimate of drug-likeness (QED) is 0.764. The zero-order valence-electron chi connectivity index (χ0n) is 9.29. The molecule has 0 fully saturated rings. The number of nitrogens with zero attached hydrogens (tertiary/aromatic N) is 3. The highest BCUT2D eigenvalue weighted by Gasteiger charge is 2.14. The number of carbonyl (C=O) groups excluding carboxylic acids is 1. The van der Waals surface area contributed by atoms with Crippen LogP contribution in [0.1, 0.15) is 10.4 Å². The van der Waals surface area contributed by atoms with Crippen molar-refractivity contribution in [3.8, 4) is 0 Å². The molecule has 0 aliphatic rings. The molecule has 4 nitrogen and oxygen atoms in total. The Morgan fingerprint density at radius 3 is 2.56 bits per heavy atom. The van der Waals surface area contributed by atoms with Gasteiger partial charge >= 0.3 is 0 Å². The van der Waals surface area contributed by atoms with E-state index in [2.05, 4.69) is 4.98 Å². The van der Waals surface area contributed by atoms with Gasteiger partial charge in [0.2, 0.25) is 0 Å². The monoisotopic (exact) mass is 215 g/mol. The Hall–Kier alpha value is -2.10. The van der Waals surface area contributed by atoms with Gasteiger partial charge in [0.1, 0.15) is 0 Å². The van der Waals surface area contributed by atoms with Crippen molar-refractivity contribution in [2.45, 2.75) is 0 Å². The maximum Gasteiger partial charge on any atom is 0.259 e. The van der Waals surface area contributed by atoms with Crippen molar-refractivity contribution in [3.63, 3.8) is 0 Å². The van der Waals surface area contributed by atoms with Crippen LogP contribution in [-0.4, -0.2) is 22.5 Å². The van der Waals surface area contributed by atoms with Gasteiger partial charge in [0.25, 0.3) is 5.91 Å².